The van der Waals surface area contributed by atoms with Gasteiger partial charge in [-0.3, -0.25) is 4.79 Å². The van der Waals surface area contributed by atoms with Crippen LogP contribution in [0.1, 0.15) is 32.8 Å². The van der Waals surface area contributed by atoms with E-state index in [1.165, 1.54) is 11.3 Å². The topological polar surface area (TPSA) is 94.0 Å². The maximum Gasteiger partial charge on any atom is 0.269 e. The SMILES string of the molecule is Cc1cc(NC(=O)c2sc(C)nc2-c2ccccc2)n(C2CCS(=O)(=O)C2)n1. The Kier molecular flexibility index (Phi) is 4.80. The molecule has 3 heterocycles. The van der Waals surface area contributed by atoms with Crippen LogP contribution in [0.2, 0.25) is 0 Å². The Bertz CT molecular complexity index is 1130. The molecule has 1 atom stereocenters. The molecule has 0 spiro atoms. The Morgan fingerprint density at radius 2 is 2.00 bits per heavy atom. The first kappa shape index (κ1) is 18.8. The highest BCUT2D eigenvalue weighted by molar-refractivity contribution is 7.91. The molecule has 146 valence electrons. The summed E-state index contributed by atoms with van der Waals surface area (Å²) in [5.41, 5.74) is 2.25. The minimum Gasteiger partial charge on any atom is -0.306 e. The zero-order valence-electron chi connectivity index (χ0n) is 15.5. The fourth-order valence-corrected chi connectivity index (χ4v) is 5.93. The fraction of sp³-hybridized carbons (Fsp3) is 0.316. The quantitative estimate of drug-likeness (QED) is 0.705. The normalized spacial score (nSPS) is 18.3. The van der Waals surface area contributed by atoms with E-state index in [4.69, 9.17) is 0 Å². The Morgan fingerprint density at radius 3 is 2.68 bits per heavy atom. The van der Waals surface area contributed by atoms with Crippen LogP contribution in [0.25, 0.3) is 11.3 Å². The van der Waals surface area contributed by atoms with E-state index >= 15 is 0 Å². The van der Waals surface area contributed by atoms with Gasteiger partial charge in [0.15, 0.2) is 9.84 Å². The van der Waals surface area contributed by atoms with Gasteiger partial charge in [-0.2, -0.15) is 5.10 Å². The maximum atomic E-state index is 13.0. The first-order valence-corrected chi connectivity index (χ1v) is 11.6. The molecule has 1 aromatic carbocycles. The average Bonchev–Trinajstić information content (AvgIpc) is 3.32. The van der Waals surface area contributed by atoms with Crippen LogP contribution in [-0.4, -0.2) is 40.6 Å². The molecule has 28 heavy (non-hydrogen) atoms. The lowest BCUT2D eigenvalue weighted by molar-refractivity contribution is 0.102. The molecule has 1 unspecified atom stereocenters. The van der Waals surface area contributed by atoms with Gasteiger partial charge in [0.2, 0.25) is 0 Å². The van der Waals surface area contributed by atoms with Gasteiger partial charge in [-0.15, -0.1) is 11.3 Å². The molecule has 0 aliphatic carbocycles. The Balaban J connectivity index is 1.64. The molecule has 0 saturated carbocycles. The standard InChI is InChI=1S/C19H20N4O3S2/c1-12-10-16(23(22-12)15-8-9-28(25,26)11-15)21-19(24)18-17(20-13(2)27-18)14-6-4-3-5-7-14/h3-7,10,15H,8-9,11H2,1-2H3,(H,21,24). The van der Waals surface area contributed by atoms with Crippen molar-refractivity contribution in [1.29, 1.82) is 0 Å². The van der Waals surface area contributed by atoms with E-state index in [1.54, 1.807) is 10.7 Å². The van der Waals surface area contributed by atoms with E-state index in [9.17, 15) is 13.2 Å². The summed E-state index contributed by atoms with van der Waals surface area (Å²) in [4.78, 5) is 18.1. The number of benzene rings is 1. The van der Waals surface area contributed by atoms with Crippen LogP contribution in [0.15, 0.2) is 36.4 Å². The minimum atomic E-state index is -3.05. The van der Waals surface area contributed by atoms with Crippen LogP contribution >= 0.6 is 11.3 Å². The summed E-state index contributed by atoms with van der Waals surface area (Å²) in [6.07, 6.45) is 0.501. The third kappa shape index (κ3) is 3.72. The number of thiazole rings is 1. The summed E-state index contributed by atoms with van der Waals surface area (Å²) in [5, 5.41) is 8.13. The van der Waals surface area contributed by atoms with Crippen molar-refractivity contribution in [3.05, 3.63) is 52.0 Å². The summed E-state index contributed by atoms with van der Waals surface area (Å²) >= 11 is 1.33. The number of sulfone groups is 1. The van der Waals surface area contributed by atoms with Crippen LogP contribution in [0, 0.1) is 13.8 Å². The van der Waals surface area contributed by atoms with Gasteiger partial charge in [0.05, 0.1) is 33.9 Å². The van der Waals surface area contributed by atoms with Crippen molar-refractivity contribution in [2.24, 2.45) is 0 Å². The summed E-state index contributed by atoms with van der Waals surface area (Å²) in [5.74, 6) is 0.434. The Hall–Kier alpha value is -2.52. The average molecular weight is 417 g/mol. The van der Waals surface area contributed by atoms with Crippen LogP contribution in [-0.2, 0) is 9.84 Å². The first-order valence-electron chi connectivity index (χ1n) is 8.93. The van der Waals surface area contributed by atoms with Crippen LogP contribution < -0.4 is 5.32 Å². The number of aromatic nitrogens is 3. The molecule has 1 aliphatic heterocycles. The fourth-order valence-electron chi connectivity index (χ4n) is 3.40. The number of carbonyl (C=O) groups excluding carboxylic acids is 1. The van der Waals surface area contributed by atoms with Crippen molar-refractivity contribution >= 4 is 32.9 Å². The molecular weight excluding hydrogens is 396 g/mol. The molecule has 9 heteroatoms. The lowest BCUT2D eigenvalue weighted by atomic mass is 10.1. The number of hydrogen-bond donors (Lipinski definition) is 1. The molecule has 1 fully saturated rings. The highest BCUT2D eigenvalue weighted by atomic mass is 32.2. The molecule has 3 aromatic rings. The van der Waals surface area contributed by atoms with Crippen LogP contribution in [0.5, 0.6) is 0 Å². The van der Waals surface area contributed by atoms with E-state index in [2.05, 4.69) is 15.4 Å². The van der Waals surface area contributed by atoms with E-state index < -0.39 is 9.84 Å². The van der Waals surface area contributed by atoms with Crippen molar-refractivity contribution in [2.45, 2.75) is 26.3 Å². The molecule has 1 saturated heterocycles. The number of carbonyl (C=O) groups is 1. The van der Waals surface area contributed by atoms with Crippen molar-refractivity contribution in [3.8, 4) is 11.3 Å². The number of hydrogen-bond acceptors (Lipinski definition) is 6. The van der Waals surface area contributed by atoms with Crippen LogP contribution in [0.3, 0.4) is 0 Å². The van der Waals surface area contributed by atoms with Gasteiger partial charge in [0.25, 0.3) is 5.91 Å². The predicted molar refractivity (Wildman–Crippen MR) is 110 cm³/mol. The number of rotatable bonds is 4. The maximum absolute atomic E-state index is 13.0. The van der Waals surface area contributed by atoms with Gasteiger partial charge in [0.1, 0.15) is 10.7 Å². The van der Waals surface area contributed by atoms with Crippen molar-refractivity contribution in [3.63, 3.8) is 0 Å². The largest absolute Gasteiger partial charge is 0.306 e. The Morgan fingerprint density at radius 1 is 1.25 bits per heavy atom. The number of nitrogens with one attached hydrogen (secondary N) is 1. The number of anilines is 1. The minimum absolute atomic E-state index is 0.0475. The van der Waals surface area contributed by atoms with E-state index in [0.717, 1.165) is 16.3 Å². The second kappa shape index (κ2) is 7.14. The second-order valence-corrected chi connectivity index (χ2v) is 10.3. The van der Waals surface area contributed by atoms with Gasteiger partial charge >= 0.3 is 0 Å². The van der Waals surface area contributed by atoms with Gasteiger partial charge in [0, 0.05) is 11.6 Å². The van der Waals surface area contributed by atoms with Gasteiger partial charge in [-0.05, 0) is 20.3 Å². The summed E-state index contributed by atoms with van der Waals surface area (Å²) in [7, 11) is -3.05. The Labute approximate surface area is 167 Å². The summed E-state index contributed by atoms with van der Waals surface area (Å²) < 4.78 is 25.3. The highest BCUT2D eigenvalue weighted by Crippen LogP contribution is 2.30. The second-order valence-electron chi connectivity index (χ2n) is 6.90. The number of amides is 1. The van der Waals surface area contributed by atoms with Gasteiger partial charge in [-0.25, -0.2) is 18.1 Å². The molecule has 0 radical (unpaired) electrons. The van der Waals surface area contributed by atoms with E-state index in [-0.39, 0.29) is 23.5 Å². The zero-order valence-corrected chi connectivity index (χ0v) is 17.2. The molecule has 1 N–H and O–H groups in total. The molecular formula is C19H20N4O3S2. The molecule has 7 nitrogen and oxygen atoms in total. The van der Waals surface area contributed by atoms with Crippen molar-refractivity contribution in [1.82, 2.24) is 14.8 Å². The molecule has 0 bridgehead atoms. The van der Waals surface area contributed by atoms with Crippen molar-refractivity contribution in [2.75, 3.05) is 16.8 Å². The molecule has 1 aliphatic rings. The summed E-state index contributed by atoms with van der Waals surface area (Å²) in [6, 6.07) is 11.1. The third-order valence-corrected chi connectivity index (χ3v) is 7.36. The molecule has 2 aromatic heterocycles. The smallest absolute Gasteiger partial charge is 0.269 e. The van der Waals surface area contributed by atoms with E-state index in [1.807, 2.05) is 44.2 Å². The van der Waals surface area contributed by atoms with Crippen molar-refractivity contribution < 1.29 is 13.2 Å². The first-order chi connectivity index (χ1) is 13.3. The number of aryl methyl sites for hydroxylation is 2. The summed E-state index contributed by atoms with van der Waals surface area (Å²) in [6.45, 7) is 3.69. The molecule has 4 rings (SSSR count). The molecule has 1 amide bonds. The zero-order chi connectivity index (χ0) is 19.9. The lowest BCUT2D eigenvalue weighted by Crippen LogP contribution is -2.19. The van der Waals surface area contributed by atoms with E-state index in [0.29, 0.717) is 22.8 Å². The lowest BCUT2D eigenvalue weighted by Gasteiger charge is -2.13. The van der Waals surface area contributed by atoms with Gasteiger partial charge < -0.3 is 5.32 Å². The third-order valence-electron chi connectivity index (χ3n) is 4.64. The number of nitrogens with zero attached hydrogens (tertiary/aromatic N) is 3. The monoisotopic (exact) mass is 416 g/mol. The van der Waals surface area contributed by atoms with Gasteiger partial charge in [-0.1, -0.05) is 30.3 Å². The predicted octanol–water partition coefficient (Wildman–Crippen LogP) is 3.24. The highest BCUT2D eigenvalue weighted by Gasteiger charge is 2.31. The van der Waals surface area contributed by atoms with Crippen LogP contribution in [0.4, 0.5) is 5.82 Å².